The lowest BCUT2D eigenvalue weighted by atomic mass is 9.85. The number of fused-ring (bicyclic) bond motifs is 5. The summed E-state index contributed by atoms with van der Waals surface area (Å²) < 4.78 is 0. The Morgan fingerprint density at radius 2 is 1.89 bits per heavy atom. The van der Waals surface area contributed by atoms with Gasteiger partial charge in [-0.2, -0.15) is 0 Å². The molecule has 1 aromatic heterocycles. The normalized spacial score (nSPS) is 28.2. The SMILES string of the molecule is CN=C(NCCCN1C(=O)C2C3C=CC(C3)C2C1=O)NCc1cccc(C)n1. The minimum absolute atomic E-state index is 0.0277. The molecule has 2 fully saturated rings. The van der Waals surface area contributed by atoms with Gasteiger partial charge in [0.15, 0.2) is 5.96 Å². The second kappa shape index (κ2) is 7.73. The molecule has 1 aliphatic heterocycles. The van der Waals surface area contributed by atoms with Gasteiger partial charge in [0.1, 0.15) is 0 Å². The highest BCUT2D eigenvalue weighted by atomic mass is 16.2. The lowest BCUT2D eigenvalue weighted by molar-refractivity contribution is -0.140. The van der Waals surface area contributed by atoms with E-state index in [4.69, 9.17) is 0 Å². The van der Waals surface area contributed by atoms with E-state index in [1.807, 2.05) is 25.1 Å². The van der Waals surface area contributed by atoms with Crippen molar-refractivity contribution in [3.05, 3.63) is 41.7 Å². The summed E-state index contributed by atoms with van der Waals surface area (Å²) in [4.78, 5) is 35.5. The molecule has 0 radical (unpaired) electrons. The van der Waals surface area contributed by atoms with E-state index in [1.54, 1.807) is 7.05 Å². The fourth-order valence-electron chi connectivity index (χ4n) is 4.72. The summed E-state index contributed by atoms with van der Waals surface area (Å²) in [5.41, 5.74) is 1.93. The van der Waals surface area contributed by atoms with Crippen molar-refractivity contribution < 1.29 is 9.59 Å². The van der Waals surface area contributed by atoms with E-state index < -0.39 is 0 Å². The third-order valence-corrected chi connectivity index (χ3v) is 6.02. The van der Waals surface area contributed by atoms with Crippen LogP contribution in [0.4, 0.5) is 0 Å². The molecule has 1 aromatic rings. The van der Waals surface area contributed by atoms with Crippen LogP contribution in [0.15, 0.2) is 35.3 Å². The predicted molar refractivity (Wildman–Crippen MR) is 106 cm³/mol. The number of carbonyl (C=O) groups excluding carboxylic acids is 2. The van der Waals surface area contributed by atoms with Crippen LogP contribution in [0.5, 0.6) is 0 Å². The third-order valence-electron chi connectivity index (χ3n) is 6.02. The molecule has 7 nitrogen and oxygen atoms in total. The Hall–Kier alpha value is -2.70. The minimum Gasteiger partial charge on any atom is -0.356 e. The number of aliphatic imine (C=N–C) groups is 1. The molecular weight excluding hydrogens is 354 g/mol. The van der Waals surface area contributed by atoms with Gasteiger partial charge in [-0.3, -0.25) is 24.5 Å². The summed E-state index contributed by atoms with van der Waals surface area (Å²) >= 11 is 0. The molecule has 2 bridgehead atoms. The molecule has 1 saturated heterocycles. The van der Waals surface area contributed by atoms with Gasteiger partial charge < -0.3 is 10.6 Å². The first kappa shape index (κ1) is 18.7. The number of hydrogen-bond donors (Lipinski definition) is 2. The van der Waals surface area contributed by atoms with Crippen molar-refractivity contribution in [1.29, 1.82) is 0 Å². The van der Waals surface area contributed by atoms with E-state index in [2.05, 4.69) is 32.8 Å². The first-order chi connectivity index (χ1) is 13.6. The molecule has 0 aromatic carbocycles. The quantitative estimate of drug-likeness (QED) is 0.255. The number of hydrogen-bond acceptors (Lipinski definition) is 4. The molecule has 4 rings (SSSR count). The molecule has 28 heavy (non-hydrogen) atoms. The van der Waals surface area contributed by atoms with Gasteiger partial charge in [0.05, 0.1) is 24.1 Å². The molecule has 148 valence electrons. The van der Waals surface area contributed by atoms with Gasteiger partial charge in [-0.1, -0.05) is 18.2 Å². The number of aromatic nitrogens is 1. The Kier molecular flexibility index (Phi) is 5.15. The number of likely N-dealkylation sites (tertiary alicyclic amines) is 1. The summed E-state index contributed by atoms with van der Waals surface area (Å²) in [7, 11) is 1.72. The third kappa shape index (κ3) is 3.41. The molecule has 2 heterocycles. The number of amides is 2. The van der Waals surface area contributed by atoms with Gasteiger partial charge in [-0.25, -0.2) is 0 Å². The van der Waals surface area contributed by atoms with E-state index >= 15 is 0 Å². The van der Waals surface area contributed by atoms with Crippen LogP contribution < -0.4 is 10.6 Å². The second-order valence-corrected chi connectivity index (χ2v) is 7.80. The summed E-state index contributed by atoms with van der Waals surface area (Å²) in [6.45, 7) is 3.66. The van der Waals surface area contributed by atoms with Gasteiger partial charge in [-0.05, 0) is 43.7 Å². The monoisotopic (exact) mass is 381 g/mol. The fraction of sp³-hybridized carbons (Fsp3) is 0.524. The molecule has 7 heteroatoms. The maximum Gasteiger partial charge on any atom is 0.233 e. The summed E-state index contributed by atoms with van der Waals surface area (Å²) in [5.74, 6) is 1.07. The number of allylic oxidation sites excluding steroid dienone is 2. The van der Waals surface area contributed by atoms with Crippen LogP contribution in [0.1, 0.15) is 24.2 Å². The number of nitrogens with one attached hydrogen (secondary N) is 2. The number of carbonyl (C=O) groups is 2. The standard InChI is InChI=1S/C21H27N5O2/c1-13-5-3-6-16(25-13)12-24-21(22-2)23-9-4-10-26-19(27)17-14-7-8-15(11-14)18(17)20(26)28/h3,5-8,14-15,17-18H,4,9-12H2,1-2H3,(H2,22,23,24). The Bertz CT molecular complexity index is 804. The lowest BCUT2D eigenvalue weighted by Gasteiger charge is -2.18. The number of imide groups is 1. The zero-order chi connectivity index (χ0) is 19.7. The van der Waals surface area contributed by atoms with Gasteiger partial charge in [0.2, 0.25) is 11.8 Å². The molecule has 2 amide bonds. The Morgan fingerprint density at radius 3 is 2.54 bits per heavy atom. The molecule has 2 aliphatic carbocycles. The van der Waals surface area contributed by atoms with E-state index in [1.165, 1.54) is 4.90 Å². The Balaban J connectivity index is 1.22. The Labute approximate surface area is 165 Å². The van der Waals surface area contributed by atoms with Gasteiger partial charge in [0, 0.05) is 25.8 Å². The van der Waals surface area contributed by atoms with E-state index in [9.17, 15) is 9.59 Å². The fourth-order valence-corrected chi connectivity index (χ4v) is 4.72. The first-order valence-electron chi connectivity index (χ1n) is 9.99. The first-order valence-corrected chi connectivity index (χ1v) is 9.99. The molecule has 4 unspecified atom stereocenters. The number of guanidine groups is 1. The zero-order valence-electron chi connectivity index (χ0n) is 16.4. The molecule has 1 saturated carbocycles. The minimum atomic E-state index is -0.105. The average molecular weight is 381 g/mol. The number of rotatable bonds is 6. The molecule has 2 N–H and O–H groups in total. The number of pyridine rings is 1. The van der Waals surface area contributed by atoms with E-state index in [-0.39, 0.29) is 35.5 Å². The van der Waals surface area contributed by atoms with Crippen LogP contribution in [0.25, 0.3) is 0 Å². The van der Waals surface area contributed by atoms with Crippen LogP contribution in [0.2, 0.25) is 0 Å². The van der Waals surface area contributed by atoms with Crippen molar-refractivity contribution in [2.24, 2.45) is 28.7 Å². The van der Waals surface area contributed by atoms with E-state index in [0.29, 0.717) is 32.0 Å². The van der Waals surface area contributed by atoms with Crippen molar-refractivity contribution in [3.63, 3.8) is 0 Å². The topological polar surface area (TPSA) is 86.7 Å². The molecule has 0 spiro atoms. The second-order valence-electron chi connectivity index (χ2n) is 7.80. The van der Waals surface area contributed by atoms with Crippen molar-refractivity contribution in [3.8, 4) is 0 Å². The highest BCUT2D eigenvalue weighted by Gasteiger charge is 2.58. The largest absolute Gasteiger partial charge is 0.356 e. The van der Waals surface area contributed by atoms with Crippen molar-refractivity contribution >= 4 is 17.8 Å². The highest BCUT2D eigenvalue weighted by molar-refractivity contribution is 6.06. The number of nitrogens with zero attached hydrogens (tertiary/aromatic N) is 3. The molecule has 3 aliphatic rings. The molecular formula is C21H27N5O2. The maximum absolute atomic E-state index is 12.7. The van der Waals surface area contributed by atoms with Gasteiger partial charge in [0.25, 0.3) is 0 Å². The summed E-state index contributed by atoms with van der Waals surface area (Å²) in [5, 5.41) is 6.47. The van der Waals surface area contributed by atoms with Crippen LogP contribution >= 0.6 is 0 Å². The van der Waals surface area contributed by atoms with Crippen molar-refractivity contribution in [2.75, 3.05) is 20.1 Å². The van der Waals surface area contributed by atoms with Gasteiger partial charge >= 0.3 is 0 Å². The van der Waals surface area contributed by atoms with E-state index in [0.717, 1.165) is 17.8 Å². The van der Waals surface area contributed by atoms with Crippen LogP contribution in [0, 0.1) is 30.6 Å². The van der Waals surface area contributed by atoms with Crippen LogP contribution in [-0.2, 0) is 16.1 Å². The maximum atomic E-state index is 12.7. The van der Waals surface area contributed by atoms with Crippen molar-refractivity contribution in [1.82, 2.24) is 20.5 Å². The van der Waals surface area contributed by atoms with Gasteiger partial charge in [-0.15, -0.1) is 0 Å². The summed E-state index contributed by atoms with van der Waals surface area (Å²) in [6.07, 6.45) is 5.92. The lowest BCUT2D eigenvalue weighted by Crippen LogP contribution is -2.39. The Morgan fingerprint density at radius 1 is 1.18 bits per heavy atom. The van der Waals surface area contributed by atoms with Crippen LogP contribution in [-0.4, -0.2) is 47.8 Å². The van der Waals surface area contributed by atoms with Crippen LogP contribution in [0.3, 0.4) is 0 Å². The highest BCUT2D eigenvalue weighted by Crippen LogP contribution is 2.52. The molecule has 4 atom stereocenters. The smallest absolute Gasteiger partial charge is 0.233 e. The predicted octanol–water partition coefficient (Wildman–Crippen LogP) is 1.25. The zero-order valence-corrected chi connectivity index (χ0v) is 16.4. The summed E-state index contributed by atoms with van der Waals surface area (Å²) in [6, 6.07) is 5.92. The number of aryl methyl sites for hydroxylation is 1. The average Bonchev–Trinajstić information content (AvgIpc) is 3.36. The van der Waals surface area contributed by atoms with Crippen molar-refractivity contribution in [2.45, 2.75) is 26.3 Å².